The molecule has 0 aliphatic carbocycles. The molecule has 0 saturated carbocycles. The molecule has 0 N–H and O–H groups in total. The second-order valence-corrected chi connectivity index (χ2v) is 1.84. The summed E-state index contributed by atoms with van der Waals surface area (Å²) in [6.45, 7) is 0. The van der Waals surface area contributed by atoms with Crippen molar-refractivity contribution in [3.63, 3.8) is 0 Å². The van der Waals surface area contributed by atoms with E-state index in [4.69, 9.17) is 0 Å². The van der Waals surface area contributed by atoms with Gasteiger partial charge in [-0.2, -0.15) is 23.1 Å². The molecular formula is C5HF3N2S. The van der Waals surface area contributed by atoms with Gasteiger partial charge in [-0.3, -0.25) is 0 Å². The van der Waals surface area contributed by atoms with E-state index in [0.717, 1.165) is 0 Å². The highest BCUT2D eigenvalue weighted by Crippen LogP contribution is 2.05. The van der Waals surface area contributed by atoms with Gasteiger partial charge >= 0.3 is 6.08 Å². The number of nitrogens with zero attached hydrogens (tertiary/aromatic N) is 2. The zero-order valence-corrected chi connectivity index (χ0v) is 5.83. The zero-order chi connectivity index (χ0) is 8.43. The van der Waals surface area contributed by atoms with Crippen LogP contribution in [0.15, 0.2) is 0 Å². The highest BCUT2D eigenvalue weighted by molar-refractivity contribution is 7.79. The summed E-state index contributed by atoms with van der Waals surface area (Å²) in [4.78, 5) is 5.25. The molecule has 0 aliphatic heterocycles. The molecule has 0 amide bonds. The van der Waals surface area contributed by atoms with Gasteiger partial charge in [0.25, 0.3) is 0 Å². The lowest BCUT2D eigenvalue weighted by Crippen LogP contribution is -2.03. The van der Waals surface area contributed by atoms with Crippen LogP contribution in [0.3, 0.4) is 0 Å². The van der Waals surface area contributed by atoms with Gasteiger partial charge in [-0.15, -0.1) is 0 Å². The van der Waals surface area contributed by atoms with Crippen molar-refractivity contribution in [3.05, 3.63) is 23.5 Å². The van der Waals surface area contributed by atoms with E-state index in [9.17, 15) is 13.2 Å². The van der Waals surface area contributed by atoms with Crippen LogP contribution in [-0.4, -0.2) is 15.3 Å². The number of rotatable bonds is 1. The van der Waals surface area contributed by atoms with Crippen molar-refractivity contribution < 1.29 is 13.2 Å². The molecule has 0 saturated heterocycles. The van der Waals surface area contributed by atoms with Crippen molar-refractivity contribution in [2.75, 3.05) is 0 Å². The smallest absolute Gasteiger partial charge is 0.184 e. The van der Waals surface area contributed by atoms with E-state index >= 15 is 0 Å². The predicted molar refractivity (Wildman–Crippen MR) is 34.7 cm³/mol. The number of hydrogen-bond donors (Lipinski definition) is 0. The van der Waals surface area contributed by atoms with Crippen LogP contribution in [0, 0.1) is 18.0 Å². The molecule has 1 aromatic heterocycles. The Labute approximate surface area is 65.1 Å². The molecule has 0 bridgehead atoms. The molecule has 0 fully saturated rings. The standard InChI is InChI=1S/C5HF3N2S/c6-3-2(1-11)4(7)10-5(8)9-3/h1H. The van der Waals surface area contributed by atoms with Crippen LogP contribution in [-0.2, 0) is 0 Å². The molecule has 6 heteroatoms. The van der Waals surface area contributed by atoms with Crippen LogP contribution < -0.4 is 0 Å². The summed E-state index contributed by atoms with van der Waals surface area (Å²) in [7, 11) is 0. The van der Waals surface area contributed by atoms with Gasteiger partial charge in [0.2, 0.25) is 11.9 Å². The van der Waals surface area contributed by atoms with E-state index in [1.54, 1.807) is 0 Å². The summed E-state index contributed by atoms with van der Waals surface area (Å²) in [6, 6.07) is 0. The molecule has 1 rings (SSSR count). The quantitative estimate of drug-likeness (QED) is 0.367. The average Bonchev–Trinajstić information content (AvgIpc) is 1.85. The predicted octanol–water partition coefficient (Wildman–Crippen LogP) is 1.24. The van der Waals surface area contributed by atoms with Crippen LogP contribution in [0.2, 0.25) is 0 Å². The third-order valence-electron chi connectivity index (χ3n) is 0.943. The molecule has 0 spiro atoms. The maximum Gasteiger partial charge on any atom is 0.313 e. The van der Waals surface area contributed by atoms with E-state index in [0.29, 0.717) is 5.37 Å². The van der Waals surface area contributed by atoms with Crippen LogP contribution >= 0.6 is 12.2 Å². The fourth-order valence-electron chi connectivity index (χ4n) is 0.490. The van der Waals surface area contributed by atoms with Gasteiger partial charge in [0.1, 0.15) is 0 Å². The van der Waals surface area contributed by atoms with Crippen molar-refractivity contribution in [2.24, 2.45) is 0 Å². The first-order valence-electron chi connectivity index (χ1n) is 2.49. The molecule has 2 nitrogen and oxygen atoms in total. The Kier molecular flexibility index (Phi) is 2.13. The zero-order valence-electron chi connectivity index (χ0n) is 5.01. The summed E-state index contributed by atoms with van der Waals surface area (Å²) >= 11 is 4.23. The van der Waals surface area contributed by atoms with E-state index < -0.39 is 23.5 Å². The number of aromatic nitrogens is 2. The molecule has 0 radical (unpaired) electrons. The van der Waals surface area contributed by atoms with Crippen molar-refractivity contribution in [1.29, 1.82) is 0 Å². The van der Waals surface area contributed by atoms with Crippen LogP contribution in [0.4, 0.5) is 13.2 Å². The second-order valence-electron chi connectivity index (χ2n) is 1.61. The first kappa shape index (κ1) is 8.06. The number of hydrogen-bond acceptors (Lipinski definition) is 3. The third kappa shape index (κ3) is 1.51. The molecular weight excluding hydrogens is 177 g/mol. The van der Waals surface area contributed by atoms with Crippen molar-refractivity contribution in [3.8, 4) is 0 Å². The summed E-state index contributed by atoms with van der Waals surface area (Å²) in [6.07, 6.45) is -1.44. The minimum absolute atomic E-state index is 0.596. The Hall–Kier alpha value is -1.04. The van der Waals surface area contributed by atoms with Crippen LogP contribution in [0.25, 0.3) is 0 Å². The normalized spacial score (nSPS) is 9.73. The minimum Gasteiger partial charge on any atom is -0.184 e. The van der Waals surface area contributed by atoms with Gasteiger partial charge in [-0.25, -0.2) is 0 Å². The van der Waals surface area contributed by atoms with Gasteiger partial charge in [0.15, 0.2) is 0 Å². The largest absolute Gasteiger partial charge is 0.313 e. The Morgan fingerprint density at radius 1 is 1.09 bits per heavy atom. The topological polar surface area (TPSA) is 25.8 Å². The van der Waals surface area contributed by atoms with E-state index in [1.165, 1.54) is 0 Å². The van der Waals surface area contributed by atoms with Crippen molar-refractivity contribution in [2.45, 2.75) is 0 Å². The monoisotopic (exact) mass is 178 g/mol. The fourth-order valence-corrected chi connectivity index (χ4v) is 0.684. The number of halogens is 3. The molecule has 58 valence electrons. The molecule has 0 aliphatic rings. The van der Waals surface area contributed by atoms with Crippen LogP contribution in [0.1, 0.15) is 5.56 Å². The first-order valence-corrected chi connectivity index (χ1v) is 2.96. The summed E-state index contributed by atoms with van der Waals surface area (Å²) in [5, 5.41) is 0.712. The molecule has 1 aromatic rings. The van der Waals surface area contributed by atoms with E-state index in [-0.39, 0.29) is 0 Å². The van der Waals surface area contributed by atoms with E-state index in [1.807, 2.05) is 0 Å². The van der Waals surface area contributed by atoms with Crippen molar-refractivity contribution >= 4 is 17.6 Å². The van der Waals surface area contributed by atoms with Gasteiger partial charge in [-0.05, 0) is 0 Å². The Bertz CT molecular complexity index is 279. The summed E-state index contributed by atoms with van der Waals surface area (Å²) < 4.78 is 36.8. The SMILES string of the molecule is Fc1nc(F)c(C=S)c(F)n1. The van der Waals surface area contributed by atoms with Gasteiger partial charge in [0.05, 0.1) is 5.56 Å². The molecule has 1 heterocycles. The molecule has 11 heavy (non-hydrogen) atoms. The van der Waals surface area contributed by atoms with Gasteiger partial charge in [0, 0.05) is 5.37 Å². The fraction of sp³-hybridized carbons (Fsp3) is 0. The maximum absolute atomic E-state index is 12.4. The van der Waals surface area contributed by atoms with Crippen LogP contribution in [0.5, 0.6) is 0 Å². The van der Waals surface area contributed by atoms with Gasteiger partial charge < -0.3 is 0 Å². The Morgan fingerprint density at radius 3 is 1.91 bits per heavy atom. The summed E-state index contributed by atoms with van der Waals surface area (Å²) in [5.41, 5.74) is -0.596. The third-order valence-corrected chi connectivity index (χ3v) is 1.18. The lowest BCUT2D eigenvalue weighted by Gasteiger charge is -1.94. The second kappa shape index (κ2) is 2.91. The first-order chi connectivity index (χ1) is 5.15. The molecule has 0 unspecified atom stereocenters. The van der Waals surface area contributed by atoms with E-state index in [2.05, 4.69) is 22.2 Å². The van der Waals surface area contributed by atoms with Gasteiger partial charge in [-0.1, -0.05) is 12.2 Å². The minimum atomic E-state index is -1.44. The average molecular weight is 178 g/mol. The van der Waals surface area contributed by atoms with Crippen molar-refractivity contribution in [1.82, 2.24) is 9.97 Å². The highest BCUT2D eigenvalue weighted by Gasteiger charge is 2.11. The molecule has 0 aromatic carbocycles. The lowest BCUT2D eigenvalue weighted by atomic mass is 10.4. The lowest BCUT2D eigenvalue weighted by molar-refractivity contribution is 0.437. The maximum atomic E-state index is 12.4. The Balaban J connectivity index is 3.36. The summed E-state index contributed by atoms with van der Waals surface area (Å²) in [5.74, 6) is -2.57. The molecule has 0 atom stereocenters. The highest BCUT2D eigenvalue weighted by atomic mass is 32.1. The Morgan fingerprint density at radius 2 is 1.55 bits per heavy atom. The number of thiocarbonyl (C=S) groups is 1.